The smallest absolute Gasteiger partial charge is 0.255 e. The van der Waals surface area contributed by atoms with Gasteiger partial charge in [-0.2, -0.15) is 0 Å². The molecule has 1 aromatic rings. The average molecular weight is 590 g/mol. The Hall–Kier alpha value is -3.73. The average Bonchev–Trinajstić information content (AvgIpc) is 3.43. The van der Waals surface area contributed by atoms with Crippen LogP contribution in [0.1, 0.15) is 61.6 Å². The van der Waals surface area contributed by atoms with E-state index in [4.69, 9.17) is 5.73 Å². The number of nitrogens with one attached hydrogen (secondary N) is 1. The number of amides is 1. The van der Waals surface area contributed by atoms with Gasteiger partial charge < -0.3 is 31.5 Å². The van der Waals surface area contributed by atoms with Gasteiger partial charge in [0.15, 0.2) is 11.4 Å². The minimum atomic E-state index is -2.64. The van der Waals surface area contributed by atoms with Crippen LogP contribution in [0.15, 0.2) is 46.8 Å². The van der Waals surface area contributed by atoms with Crippen LogP contribution in [0.4, 0.5) is 0 Å². The first kappa shape index (κ1) is 29.3. The van der Waals surface area contributed by atoms with E-state index in [-0.39, 0.29) is 29.7 Å². The van der Waals surface area contributed by atoms with Gasteiger partial charge in [0.05, 0.1) is 11.6 Å². The van der Waals surface area contributed by atoms with Crippen LogP contribution in [-0.4, -0.2) is 81.1 Å². The van der Waals surface area contributed by atoms with Crippen LogP contribution in [-0.2, 0) is 20.8 Å². The number of likely N-dealkylation sites (N-methyl/N-ethyl adjacent to an activating group) is 1. The third-order valence-corrected chi connectivity index (χ3v) is 10.1. The number of aliphatic hydroxyl groups excluding tert-OH is 2. The Bertz CT molecular complexity index is 1550. The molecule has 0 unspecified atom stereocenters. The molecule has 5 aliphatic rings. The van der Waals surface area contributed by atoms with Crippen molar-refractivity contribution in [2.75, 3.05) is 20.6 Å². The SMILES string of the molecule is CN(C)[C@H]1C(=O)C(C(N)=O)=C(O)[C@@]2(O)C(=O)C3=C(O)c4c(O)ccc(C5=CC=C(CNC6CCCCC6)C5)c4C[C@H]3C[C@@H]12. The summed E-state index contributed by atoms with van der Waals surface area (Å²) >= 11 is 0. The molecule has 10 nitrogen and oxygen atoms in total. The number of ketones is 2. The summed E-state index contributed by atoms with van der Waals surface area (Å²) in [6.07, 6.45) is 11.4. The third-order valence-electron chi connectivity index (χ3n) is 10.1. The van der Waals surface area contributed by atoms with E-state index in [1.807, 2.05) is 6.07 Å². The van der Waals surface area contributed by atoms with Crippen molar-refractivity contribution in [2.24, 2.45) is 17.6 Å². The van der Waals surface area contributed by atoms with E-state index in [1.54, 1.807) is 14.1 Å². The van der Waals surface area contributed by atoms with Crippen molar-refractivity contribution in [1.29, 1.82) is 0 Å². The largest absolute Gasteiger partial charge is 0.508 e. The van der Waals surface area contributed by atoms with Gasteiger partial charge in [-0.1, -0.05) is 43.1 Å². The van der Waals surface area contributed by atoms with Crippen molar-refractivity contribution in [3.8, 4) is 5.75 Å². The van der Waals surface area contributed by atoms with Crippen molar-refractivity contribution >= 4 is 28.8 Å². The molecular formula is C33H39N3O7. The van der Waals surface area contributed by atoms with Crippen LogP contribution in [0.25, 0.3) is 11.3 Å². The lowest BCUT2D eigenvalue weighted by molar-refractivity contribution is -0.153. The molecule has 2 fully saturated rings. The van der Waals surface area contributed by atoms with E-state index >= 15 is 0 Å². The minimum absolute atomic E-state index is 0.0642. The van der Waals surface area contributed by atoms with Gasteiger partial charge in [0, 0.05) is 24.1 Å². The number of nitrogens with two attached hydrogens (primary N) is 1. The fourth-order valence-electron chi connectivity index (χ4n) is 8.01. The van der Waals surface area contributed by atoms with Crippen LogP contribution in [0.5, 0.6) is 5.75 Å². The lowest BCUT2D eigenvalue weighted by Crippen LogP contribution is -2.65. The summed E-state index contributed by atoms with van der Waals surface area (Å²) in [4.78, 5) is 41.0. The number of hydrogen-bond donors (Lipinski definition) is 6. The summed E-state index contributed by atoms with van der Waals surface area (Å²) in [6.45, 7) is 0.794. The van der Waals surface area contributed by atoms with Crippen LogP contribution in [0, 0.1) is 11.8 Å². The number of phenols is 1. The number of benzene rings is 1. The molecule has 1 amide bonds. The molecule has 1 aromatic carbocycles. The van der Waals surface area contributed by atoms with Gasteiger partial charge in [0.2, 0.25) is 5.78 Å². The first-order valence-electron chi connectivity index (χ1n) is 15.1. The topological polar surface area (TPSA) is 173 Å². The van der Waals surface area contributed by atoms with Crippen LogP contribution in [0.3, 0.4) is 0 Å². The second kappa shape index (κ2) is 10.8. The summed E-state index contributed by atoms with van der Waals surface area (Å²) in [5.74, 6) is -6.49. The maximum absolute atomic E-state index is 14.0. The van der Waals surface area contributed by atoms with Gasteiger partial charge in [-0.25, -0.2) is 0 Å². The molecule has 4 atom stereocenters. The van der Waals surface area contributed by atoms with Gasteiger partial charge in [0.1, 0.15) is 22.8 Å². The zero-order valence-corrected chi connectivity index (χ0v) is 24.5. The number of allylic oxidation sites excluding steroid dienone is 3. The number of rotatable bonds is 6. The molecule has 0 aromatic heterocycles. The number of carbonyl (C=O) groups excluding carboxylic acids is 3. The summed E-state index contributed by atoms with van der Waals surface area (Å²) in [5.41, 5.74) is 5.74. The number of phenolic OH excluding ortho intramolecular Hbond substituents is 1. The molecule has 0 radical (unpaired) electrons. The Morgan fingerprint density at radius 1 is 1.09 bits per heavy atom. The number of aliphatic hydroxyl groups is 3. The zero-order valence-electron chi connectivity index (χ0n) is 24.5. The first-order chi connectivity index (χ1) is 20.4. The van der Waals surface area contributed by atoms with E-state index in [0.717, 1.165) is 17.7 Å². The Morgan fingerprint density at radius 3 is 2.49 bits per heavy atom. The number of hydrogen-bond acceptors (Lipinski definition) is 9. The number of nitrogens with zero attached hydrogens (tertiary/aromatic N) is 1. The van der Waals surface area contributed by atoms with Crippen LogP contribution in [0.2, 0.25) is 0 Å². The van der Waals surface area contributed by atoms with Gasteiger partial charge >= 0.3 is 0 Å². The molecule has 228 valence electrons. The molecule has 0 bridgehead atoms. The van der Waals surface area contributed by atoms with E-state index in [0.29, 0.717) is 18.0 Å². The molecule has 5 aliphatic carbocycles. The highest BCUT2D eigenvalue weighted by Crippen LogP contribution is 2.53. The Labute approximate surface area is 250 Å². The van der Waals surface area contributed by atoms with E-state index in [1.165, 1.54) is 48.6 Å². The highest BCUT2D eigenvalue weighted by Gasteiger charge is 2.64. The van der Waals surface area contributed by atoms with E-state index in [2.05, 4.69) is 17.5 Å². The summed E-state index contributed by atoms with van der Waals surface area (Å²) in [7, 11) is 3.17. The lowest BCUT2D eigenvalue weighted by atomic mass is 9.57. The predicted molar refractivity (Wildman–Crippen MR) is 160 cm³/mol. The normalized spacial score (nSPS) is 29.3. The maximum Gasteiger partial charge on any atom is 0.255 e. The number of aromatic hydroxyl groups is 1. The highest BCUT2D eigenvalue weighted by molar-refractivity contribution is 6.24. The zero-order chi connectivity index (χ0) is 30.8. The Balaban J connectivity index is 1.35. The van der Waals surface area contributed by atoms with E-state index in [9.17, 15) is 34.8 Å². The fraction of sp³-hybridized carbons (Fsp3) is 0.485. The van der Waals surface area contributed by atoms with Crippen LogP contribution >= 0.6 is 0 Å². The van der Waals surface area contributed by atoms with Crippen molar-refractivity contribution < 1.29 is 34.8 Å². The second-order valence-electron chi connectivity index (χ2n) is 12.9. The van der Waals surface area contributed by atoms with Gasteiger partial charge in [-0.3, -0.25) is 19.3 Å². The summed E-state index contributed by atoms with van der Waals surface area (Å²) < 4.78 is 0. The third kappa shape index (κ3) is 4.54. The first-order valence-corrected chi connectivity index (χ1v) is 15.1. The highest BCUT2D eigenvalue weighted by atomic mass is 16.3. The molecule has 6 rings (SSSR count). The predicted octanol–water partition coefficient (Wildman–Crippen LogP) is 2.60. The molecule has 10 heteroatoms. The molecular weight excluding hydrogens is 550 g/mol. The molecule has 0 spiro atoms. The Kier molecular flexibility index (Phi) is 7.35. The number of fused-ring (bicyclic) bond motifs is 3. The van der Waals surface area contributed by atoms with Crippen molar-refractivity contribution in [3.63, 3.8) is 0 Å². The summed E-state index contributed by atoms with van der Waals surface area (Å²) in [6, 6.07) is 2.74. The van der Waals surface area contributed by atoms with Crippen molar-refractivity contribution in [1.82, 2.24) is 10.2 Å². The lowest BCUT2D eigenvalue weighted by Gasteiger charge is -2.50. The number of Topliss-reactive ketones (excluding diaryl/α,β-unsaturated/α-hetero) is 2. The van der Waals surface area contributed by atoms with Crippen molar-refractivity contribution in [2.45, 2.75) is 69.1 Å². The molecule has 0 heterocycles. The molecule has 43 heavy (non-hydrogen) atoms. The van der Waals surface area contributed by atoms with Gasteiger partial charge in [-0.05, 0) is 74.9 Å². The summed E-state index contributed by atoms with van der Waals surface area (Å²) in [5, 5.41) is 48.9. The monoisotopic (exact) mass is 589 g/mol. The van der Waals surface area contributed by atoms with E-state index < -0.39 is 58.0 Å². The standard InChI is InChI=1S/C33H39N3O7/c1-36(2)27-22-14-18-13-21-20(17-9-8-16(12-17)15-35-19-6-4-3-5-7-19)10-11-23(37)25(21)28(38)24(18)30(40)33(22,43)31(41)26(29(27)39)32(34)42/h8-11,18-19,22,27,35,37-38,41,43H,3-7,12-15H2,1-2H3,(H2,34,42)/t18-,22-,27+,33-/m0/s1. The second-order valence-corrected chi connectivity index (χ2v) is 12.9. The molecule has 7 N–H and O–H groups in total. The molecule has 0 aliphatic heterocycles. The quantitative estimate of drug-likeness (QED) is 0.273. The number of carbonyl (C=O) groups is 3. The number of primary amides is 1. The molecule has 0 saturated heterocycles. The minimum Gasteiger partial charge on any atom is -0.508 e. The van der Waals surface area contributed by atoms with Crippen LogP contribution < -0.4 is 11.1 Å². The maximum atomic E-state index is 14.0. The van der Waals surface area contributed by atoms with Gasteiger partial charge in [0.25, 0.3) is 5.91 Å². The van der Waals surface area contributed by atoms with Gasteiger partial charge in [-0.15, -0.1) is 0 Å². The fourth-order valence-corrected chi connectivity index (χ4v) is 8.01. The van der Waals surface area contributed by atoms with Crippen molar-refractivity contribution in [3.05, 3.63) is 63.5 Å². The Morgan fingerprint density at radius 2 is 1.81 bits per heavy atom. The molecule has 2 saturated carbocycles.